The molecule has 0 spiro atoms. The van der Waals surface area contributed by atoms with Gasteiger partial charge < -0.3 is 15.7 Å². The van der Waals surface area contributed by atoms with E-state index in [0.717, 1.165) is 19.3 Å². The van der Waals surface area contributed by atoms with Crippen LogP contribution in [0.5, 0.6) is 0 Å². The van der Waals surface area contributed by atoms with Crippen molar-refractivity contribution >= 4 is 11.7 Å². The molecule has 6 heteroatoms. The van der Waals surface area contributed by atoms with Gasteiger partial charge in [-0.2, -0.15) is 0 Å². The van der Waals surface area contributed by atoms with Crippen LogP contribution >= 0.6 is 0 Å². The molecule has 2 amide bonds. The van der Waals surface area contributed by atoms with Crippen LogP contribution in [0, 0.1) is 5.82 Å². The Morgan fingerprint density at radius 3 is 2.55 bits per heavy atom. The number of aliphatic hydroxyl groups is 1. The van der Waals surface area contributed by atoms with Gasteiger partial charge >= 0.3 is 6.03 Å². The summed E-state index contributed by atoms with van der Waals surface area (Å²) in [5, 5.41) is 14.0. The normalized spacial score (nSPS) is 11.1. The molecule has 0 aromatic heterocycles. The summed E-state index contributed by atoms with van der Waals surface area (Å²) in [7, 11) is 0. The summed E-state index contributed by atoms with van der Waals surface area (Å²) in [5.74, 6) is -1.61. The highest BCUT2D eigenvalue weighted by Gasteiger charge is 2.01. The van der Waals surface area contributed by atoms with Gasteiger partial charge in [-0.15, -0.1) is 0 Å². The Morgan fingerprint density at radius 1 is 1.23 bits per heavy atom. The molecule has 0 radical (unpaired) electrons. The third-order valence-corrected chi connectivity index (χ3v) is 2.87. The molecule has 0 saturated carbocycles. The van der Waals surface area contributed by atoms with Crippen molar-refractivity contribution in [3.05, 3.63) is 54.3 Å². The zero-order valence-corrected chi connectivity index (χ0v) is 12.2. The molecular weight excluding hydrogens is 290 g/mol. The Balaban J connectivity index is 2.09. The fraction of sp³-hybridized carbons (Fsp3) is 0.312. The van der Waals surface area contributed by atoms with Crippen LogP contribution in [0.2, 0.25) is 0 Å². The first-order valence-corrected chi connectivity index (χ1v) is 7.03. The van der Waals surface area contributed by atoms with E-state index in [0.29, 0.717) is 18.7 Å². The predicted molar refractivity (Wildman–Crippen MR) is 82.8 cm³/mol. The van der Waals surface area contributed by atoms with Crippen molar-refractivity contribution in [2.45, 2.75) is 25.7 Å². The maximum atomic E-state index is 12.9. The van der Waals surface area contributed by atoms with Gasteiger partial charge in [0, 0.05) is 12.2 Å². The van der Waals surface area contributed by atoms with Crippen molar-refractivity contribution in [2.24, 2.45) is 0 Å². The van der Waals surface area contributed by atoms with Crippen LogP contribution in [0.3, 0.4) is 0 Å². The molecule has 0 saturated heterocycles. The number of rotatable bonds is 8. The number of urea groups is 1. The van der Waals surface area contributed by atoms with Crippen LogP contribution in [-0.2, 0) is 0 Å². The van der Waals surface area contributed by atoms with Crippen LogP contribution in [-0.4, -0.2) is 17.7 Å². The Kier molecular flexibility index (Phi) is 7.67. The second kappa shape index (κ2) is 9.55. The molecule has 0 aliphatic heterocycles. The van der Waals surface area contributed by atoms with Gasteiger partial charge in [0.25, 0.3) is 0 Å². The largest absolute Gasteiger partial charge is 0.506 e. The highest BCUT2D eigenvalue weighted by atomic mass is 19.1. The first-order chi connectivity index (χ1) is 10.5. The number of carbonyl (C=O) groups is 1. The highest BCUT2D eigenvalue weighted by Crippen LogP contribution is 2.10. The van der Waals surface area contributed by atoms with E-state index < -0.39 is 11.6 Å². The summed E-state index contributed by atoms with van der Waals surface area (Å²) < 4.78 is 25.6. The number of anilines is 1. The molecular formula is C16H20F2N2O2. The predicted octanol–water partition coefficient (Wildman–Crippen LogP) is 4.43. The van der Waals surface area contributed by atoms with Gasteiger partial charge in [0.2, 0.25) is 0 Å². The number of nitrogens with one attached hydrogen (secondary N) is 2. The summed E-state index contributed by atoms with van der Waals surface area (Å²) >= 11 is 0. The maximum absolute atomic E-state index is 12.9. The lowest BCUT2D eigenvalue weighted by Crippen LogP contribution is -2.29. The van der Waals surface area contributed by atoms with Gasteiger partial charge in [-0.05, 0) is 49.6 Å². The van der Waals surface area contributed by atoms with E-state index in [9.17, 15) is 13.6 Å². The molecule has 1 aromatic rings. The van der Waals surface area contributed by atoms with Crippen molar-refractivity contribution in [1.82, 2.24) is 5.32 Å². The van der Waals surface area contributed by atoms with Crippen LogP contribution in [0.25, 0.3) is 0 Å². The van der Waals surface area contributed by atoms with Gasteiger partial charge in [-0.25, -0.2) is 13.6 Å². The monoisotopic (exact) mass is 310 g/mol. The molecule has 0 bridgehead atoms. The molecule has 0 fully saturated rings. The average Bonchev–Trinajstić information content (AvgIpc) is 2.48. The van der Waals surface area contributed by atoms with Gasteiger partial charge in [0.05, 0.1) is 0 Å². The zero-order valence-electron chi connectivity index (χ0n) is 12.2. The summed E-state index contributed by atoms with van der Waals surface area (Å²) in [6.45, 7) is 3.57. The fourth-order valence-electron chi connectivity index (χ4n) is 1.70. The van der Waals surface area contributed by atoms with Gasteiger partial charge in [0.1, 0.15) is 11.6 Å². The molecule has 0 unspecified atom stereocenters. The van der Waals surface area contributed by atoms with Crippen molar-refractivity contribution in [3.63, 3.8) is 0 Å². The fourth-order valence-corrected chi connectivity index (χ4v) is 1.70. The van der Waals surface area contributed by atoms with Crippen molar-refractivity contribution in [1.29, 1.82) is 0 Å². The third kappa shape index (κ3) is 7.42. The molecule has 120 valence electrons. The Labute approximate surface area is 128 Å². The molecule has 1 rings (SSSR count). The molecule has 0 atom stereocenters. The third-order valence-electron chi connectivity index (χ3n) is 2.87. The lowest BCUT2D eigenvalue weighted by Gasteiger charge is -2.07. The van der Waals surface area contributed by atoms with E-state index in [1.165, 1.54) is 30.3 Å². The number of hydrogen-bond donors (Lipinski definition) is 3. The minimum Gasteiger partial charge on any atom is -0.506 e. The number of carbonyl (C=O) groups excluding carboxylic acids is 1. The van der Waals surface area contributed by atoms with E-state index >= 15 is 0 Å². The Hall–Kier alpha value is -2.37. The average molecular weight is 310 g/mol. The van der Waals surface area contributed by atoms with Crippen LogP contribution in [0.15, 0.2) is 48.5 Å². The standard InChI is InChI=1S/C16H20F2N2O2/c1-12(21)15(18)6-4-2-3-5-11-19-16(22)20-14-9-7-13(17)8-10-14/h6-10,21H,1-5,11H2,(H2,19,20,22)/b15-6-. The van der Waals surface area contributed by atoms with E-state index in [-0.39, 0.29) is 11.8 Å². The van der Waals surface area contributed by atoms with Gasteiger partial charge in [-0.3, -0.25) is 0 Å². The smallest absolute Gasteiger partial charge is 0.319 e. The number of benzene rings is 1. The summed E-state index contributed by atoms with van der Waals surface area (Å²) in [6.07, 6.45) is 4.12. The van der Waals surface area contributed by atoms with E-state index in [1.807, 2.05) is 0 Å². The number of aliphatic hydroxyl groups excluding tert-OH is 1. The van der Waals surface area contributed by atoms with E-state index in [1.54, 1.807) is 0 Å². The number of halogens is 2. The molecule has 0 heterocycles. The van der Waals surface area contributed by atoms with Crippen LogP contribution in [0.4, 0.5) is 19.3 Å². The Morgan fingerprint density at radius 2 is 1.91 bits per heavy atom. The first kappa shape index (κ1) is 17.7. The molecule has 22 heavy (non-hydrogen) atoms. The minimum absolute atomic E-state index is 0.353. The summed E-state index contributed by atoms with van der Waals surface area (Å²) in [4.78, 5) is 11.5. The van der Waals surface area contributed by atoms with Crippen LogP contribution < -0.4 is 10.6 Å². The molecule has 0 aliphatic rings. The molecule has 3 N–H and O–H groups in total. The number of amides is 2. The van der Waals surface area contributed by atoms with E-state index in [4.69, 9.17) is 5.11 Å². The number of hydrogen-bond acceptors (Lipinski definition) is 2. The molecule has 1 aromatic carbocycles. The number of allylic oxidation sites excluding steroid dienone is 2. The number of unbranched alkanes of at least 4 members (excludes halogenated alkanes) is 3. The Bertz CT molecular complexity index is 527. The maximum Gasteiger partial charge on any atom is 0.319 e. The van der Waals surface area contributed by atoms with Crippen molar-refractivity contribution in [3.8, 4) is 0 Å². The topological polar surface area (TPSA) is 61.4 Å². The lowest BCUT2D eigenvalue weighted by atomic mass is 10.2. The zero-order chi connectivity index (χ0) is 16.4. The van der Waals surface area contributed by atoms with Gasteiger partial charge in [0.15, 0.2) is 5.83 Å². The SMILES string of the molecule is C=C(O)/C(F)=C/CCCCCNC(=O)Nc1ccc(F)cc1. The van der Waals surface area contributed by atoms with Crippen molar-refractivity contribution < 1.29 is 18.7 Å². The summed E-state index contributed by atoms with van der Waals surface area (Å²) in [6, 6.07) is 5.14. The molecule has 0 aliphatic carbocycles. The van der Waals surface area contributed by atoms with Gasteiger partial charge in [-0.1, -0.05) is 13.0 Å². The highest BCUT2D eigenvalue weighted by molar-refractivity contribution is 5.89. The molecule has 4 nitrogen and oxygen atoms in total. The quantitative estimate of drug-likeness (QED) is 0.378. The van der Waals surface area contributed by atoms with Crippen molar-refractivity contribution in [2.75, 3.05) is 11.9 Å². The minimum atomic E-state index is -0.697. The first-order valence-electron chi connectivity index (χ1n) is 7.03. The van der Waals surface area contributed by atoms with E-state index in [2.05, 4.69) is 17.2 Å². The second-order valence-corrected chi connectivity index (χ2v) is 4.74. The second-order valence-electron chi connectivity index (χ2n) is 4.74. The lowest BCUT2D eigenvalue weighted by molar-refractivity contribution is 0.252. The van der Waals surface area contributed by atoms with Crippen LogP contribution in [0.1, 0.15) is 25.7 Å². The summed E-state index contributed by atoms with van der Waals surface area (Å²) in [5.41, 5.74) is 0.517.